The molecule has 8 heteroatoms. The summed E-state index contributed by atoms with van der Waals surface area (Å²) >= 11 is 1.53. The minimum atomic E-state index is 0.0741. The first-order chi connectivity index (χ1) is 13.6. The molecule has 0 atom stereocenters. The molecule has 4 rings (SSSR count). The van der Waals surface area contributed by atoms with Gasteiger partial charge in [-0.3, -0.25) is 9.78 Å². The molecule has 0 aliphatic rings. The maximum Gasteiger partial charge on any atom is 0.212 e. The van der Waals surface area contributed by atoms with Crippen molar-refractivity contribution in [1.82, 2.24) is 24.9 Å². The van der Waals surface area contributed by atoms with Crippen LogP contribution < -0.4 is 4.74 Å². The zero-order chi connectivity index (χ0) is 19.5. The third kappa shape index (κ3) is 3.67. The van der Waals surface area contributed by atoms with Gasteiger partial charge in [-0.25, -0.2) is 15.0 Å². The molecule has 4 heterocycles. The monoisotopic (exact) mass is 391 g/mol. The van der Waals surface area contributed by atoms with Crippen LogP contribution in [0, 0.1) is 0 Å². The number of carbonyl (C=O) groups excluding carboxylic acids is 1. The highest BCUT2D eigenvalue weighted by Crippen LogP contribution is 2.39. The number of H-pyrrole nitrogens is 1. The Labute approximate surface area is 165 Å². The summed E-state index contributed by atoms with van der Waals surface area (Å²) in [5.41, 5.74) is 3.30. The highest BCUT2D eigenvalue weighted by molar-refractivity contribution is 7.18. The number of rotatable bonds is 6. The van der Waals surface area contributed by atoms with Gasteiger partial charge in [0.05, 0.1) is 17.7 Å². The molecule has 0 unspecified atom stereocenters. The number of methoxy groups -OCH3 is 1. The number of pyridine rings is 2. The molecule has 7 nitrogen and oxygen atoms in total. The Balaban J connectivity index is 1.80. The Morgan fingerprint density at radius 3 is 2.71 bits per heavy atom. The van der Waals surface area contributed by atoms with Crippen LogP contribution in [0.3, 0.4) is 0 Å². The van der Waals surface area contributed by atoms with E-state index in [1.807, 2.05) is 18.2 Å². The van der Waals surface area contributed by atoms with E-state index in [1.165, 1.54) is 11.3 Å². The van der Waals surface area contributed by atoms with E-state index in [4.69, 9.17) is 9.72 Å². The molecule has 0 fully saturated rings. The number of hydrogen-bond donors (Lipinski definition) is 1. The summed E-state index contributed by atoms with van der Waals surface area (Å²) < 4.78 is 5.14. The lowest BCUT2D eigenvalue weighted by atomic mass is 10.1. The van der Waals surface area contributed by atoms with Crippen molar-refractivity contribution < 1.29 is 9.53 Å². The third-order valence-electron chi connectivity index (χ3n) is 4.05. The molecule has 0 saturated carbocycles. The topological polar surface area (TPSA) is 93.6 Å². The summed E-state index contributed by atoms with van der Waals surface area (Å²) in [6.45, 7) is 1.56. The van der Waals surface area contributed by atoms with Gasteiger partial charge < -0.3 is 9.72 Å². The number of aromatic nitrogens is 5. The lowest BCUT2D eigenvalue weighted by molar-refractivity contribution is -0.116. The molecule has 0 aliphatic carbocycles. The summed E-state index contributed by atoms with van der Waals surface area (Å²) in [7, 11) is 1.58. The van der Waals surface area contributed by atoms with Crippen molar-refractivity contribution in [1.29, 1.82) is 0 Å². The molecule has 0 amide bonds. The van der Waals surface area contributed by atoms with Crippen LogP contribution >= 0.6 is 11.3 Å². The fourth-order valence-electron chi connectivity index (χ4n) is 2.79. The number of aromatic amines is 1. The van der Waals surface area contributed by atoms with E-state index in [1.54, 1.807) is 44.9 Å². The molecule has 0 aliphatic heterocycles. The Bertz CT molecular complexity index is 1100. The molecule has 140 valence electrons. The number of nitrogens with one attached hydrogen (secondary N) is 1. The second kappa shape index (κ2) is 7.69. The number of imidazole rings is 1. The normalized spacial score (nSPS) is 10.8. The lowest BCUT2D eigenvalue weighted by Crippen LogP contribution is -1.98. The molecule has 4 aromatic rings. The van der Waals surface area contributed by atoms with Gasteiger partial charge in [-0.1, -0.05) is 0 Å². The second-order valence-electron chi connectivity index (χ2n) is 6.14. The summed E-state index contributed by atoms with van der Waals surface area (Å²) in [5.74, 6) is 1.36. The smallest absolute Gasteiger partial charge is 0.212 e. The fraction of sp³-hybridized carbons (Fsp3) is 0.150. The van der Waals surface area contributed by atoms with Gasteiger partial charge in [0, 0.05) is 54.1 Å². The Hall–Kier alpha value is -3.39. The van der Waals surface area contributed by atoms with Crippen molar-refractivity contribution in [3.63, 3.8) is 0 Å². The van der Waals surface area contributed by atoms with Crippen LogP contribution in [-0.2, 0) is 11.2 Å². The minimum absolute atomic E-state index is 0.0741. The Morgan fingerprint density at radius 2 is 2.04 bits per heavy atom. The zero-order valence-corrected chi connectivity index (χ0v) is 16.2. The zero-order valence-electron chi connectivity index (χ0n) is 15.3. The van der Waals surface area contributed by atoms with Gasteiger partial charge in [-0.15, -0.1) is 11.3 Å². The largest absolute Gasteiger partial charge is 0.481 e. The van der Waals surface area contributed by atoms with Gasteiger partial charge in [0.25, 0.3) is 0 Å². The highest BCUT2D eigenvalue weighted by Gasteiger charge is 2.18. The first-order valence-electron chi connectivity index (χ1n) is 8.60. The molecule has 4 aromatic heterocycles. The number of ketones is 1. The van der Waals surface area contributed by atoms with Crippen LogP contribution in [0.4, 0.5) is 0 Å². The molecular weight excluding hydrogens is 374 g/mol. The first kappa shape index (κ1) is 18.0. The van der Waals surface area contributed by atoms with E-state index in [0.29, 0.717) is 12.3 Å². The van der Waals surface area contributed by atoms with E-state index < -0.39 is 0 Å². The predicted molar refractivity (Wildman–Crippen MR) is 107 cm³/mol. The summed E-state index contributed by atoms with van der Waals surface area (Å²) in [5, 5.41) is 0.824. The number of ether oxygens (including phenoxy) is 1. The number of Topliss-reactive ketones (excluding diaryl/α,β-unsaturated/α-hetero) is 1. The maximum atomic E-state index is 11.4. The van der Waals surface area contributed by atoms with Crippen LogP contribution in [0.5, 0.6) is 5.88 Å². The number of thiazole rings is 1. The predicted octanol–water partition coefficient (Wildman–Crippen LogP) is 3.80. The molecule has 0 radical (unpaired) electrons. The maximum absolute atomic E-state index is 11.4. The lowest BCUT2D eigenvalue weighted by Gasteiger charge is -2.02. The number of hydrogen-bond acceptors (Lipinski definition) is 7. The Kier molecular flexibility index (Phi) is 4.94. The van der Waals surface area contributed by atoms with Gasteiger partial charge in [0.15, 0.2) is 0 Å². The van der Waals surface area contributed by atoms with Crippen molar-refractivity contribution >= 4 is 17.1 Å². The van der Waals surface area contributed by atoms with E-state index in [0.717, 1.165) is 38.2 Å². The average Bonchev–Trinajstić information content (AvgIpc) is 3.37. The second-order valence-corrected chi connectivity index (χ2v) is 7.14. The van der Waals surface area contributed by atoms with E-state index in [2.05, 4.69) is 19.9 Å². The molecular formula is C20H17N5O2S. The van der Waals surface area contributed by atoms with Crippen molar-refractivity contribution in [3.8, 4) is 38.4 Å². The first-order valence-corrected chi connectivity index (χ1v) is 9.41. The van der Waals surface area contributed by atoms with Crippen LogP contribution in [0.2, 0.25) is 0 Å². The molecule has 28 heavy (non-hydrogen) atoms. The highest BCUT2D eigenvalue weighted by atomic mass is 32.1. The van der Waals surface area contributed by atoms with Crippen molar-refractivity contribution in [3.05, 3.63) is 54.7 Å². The molecule has 0 saturated heterocycles. The molecule has 0 spiro atoms. The van der Waals surface area contributed by atoms with E-state index in [9.17, 15) is 4.79 Å². The molecule has 1 N–H and O–H groups in total. The number of nitrogens with zero attached hydrogens (tertiary/aromatic N) is 4. The van der Waals surface area contributed by atoms with Crippen LogP contribution in [0.25, 0.3) is 32.5 Å². The molecule has 0 aromatic carbocycles. The van der Waals surface area contributed by atoms with Gasteiger partial charge >= 0.3 is 0 Å². The van der Waals surface area contributed by atoms with Crippen LogP contribution in [0.1, 0.15) is 12.6 Å². The molecule has 0 bridgehead atoms. The van der Waals surface area contributed by atoms with Gasteiger partial charge in [0.2, 0.25) is 5.88 Å². The van der Waals surface area contributed by atoms with Crippen molar-refractivity contribution in [2.75, 3.05) is 7.11 Å². The van der Waals surface area contributed by atoms with Crippen molar-refractivity contribution in [2.24, 2.45) is 0 Å². The van der Waals surface area contributed by atoms with Gasteiger partial charge in [0.1, 0.15) is 16.6 Å². The van der Waals surface area contributed by atoms with Crippen LogP contribution in [-0.4, -0.2) is 37.8 Å². The Morgan fingerprint density at radius 1 is 1.14 bits per heavy atom. The number of carbonyl (C=O) groups is 1. The summed E-state index contributed by atoms with van der Waals surface area (Å²) in [6, 6.07) is 7.52. The summed E-state index contributed by atoms with van der Waals surface area (Å²) in [4.78, 5) is 33.3. The van der Waals surface area contributed by atoms with Gasteiger partial charge in [-0.2, -0.15) is 0 Å². The van der Waals surface area contributed by atoms with Gasteiger partial charge in [-0.05, 0) is 25.1 Å². The van der Waals surface area contributed by atoms with E-state index in [-0.39, 0.29) is 5.78 Å². The van der Waals surface area contributed by atoms with Crippen molar-refractivity contribution in [2.45, 2.75) is 13.3 Å². The minimum Gasteiger partial charge on any atom is -0.481 e. The third-order valence-corrected chi connectivity index (χ3v) is 5.16. The van der Waals surface area contributed by atoms with Crippen LogP contribution in [0.15, 0.2) is 49.1 Å². The quantitative estimate of drug-likeness (QED) is 0.537. The van der Waals surface area contributed by atoms with E-state index >= 15 is 0 Å². The SMILES string of the molecule is COc1ccc(-c2nc(-c3ccnc(CC(C)=O)c3)sc2-c2ncc[nH]2)cn1. The summed E-state index contributed by atoms with van der Waals surface area (Å²) in [6.07, 6.45) is 7.23. The average molecular weight is 391 g/mol. The standard InChI is InChI=1S/C20H17N5O2S/c1-12(26)9-15-10-13(5-6-21-15)20-25-17(14-3-4-16(27-2)24-11-14)18(28-20)19-22-7-8-23-19/h3-8,10-11H,9H2,1-2H3,(H,22,23). The fourth-order valence-corrected chi connectivity index (χ4v) is 3.84.